The second-order valence-electron chi connectivity index (χ2n) is 6.25. The van der Waals surface area contributed by atoms with Crippen molar-refractivity contribution in [1.82, 2.24) is 9.88 Å². The fraction of sp³-hybridized carbons (Fsp3) is 0.368. The summed E-state index contributed by atoms with van der Waals surface area (Å²) >= 11 is 12.1. The number of nitrogens with one attached hydrogen (secondary N) is 1. The summed E-state index contributed by atoms with van der Waals surface area (Å²) in [5, 5.41) is 4.79. The smallest absolute Gasteiger partial charge is 0.174 e. The number of aryl methyl sites for hydroxylation is 1. The molecule has 1 fully saturated rings. The van der Waals surface area contributed by atoms with Gasteiger partial charge in [0.15, 0.2) is 5.11 Å². The number of hydrogen-bond acceptors (Lipinski definition) is 2. The molecule has 0 amide bonds. The van der Waals surface area contributed by atoms with E-state index in [1.54, 1.807) is 0 Å². The van der Waals surface area contributed by atoms with Crippen molar-refractivity contribution in [2.24, 2.45) is 0 Å². The number of nitrogens with zero attached hydrogens (tertiary/aromatic N) is 2. The minimum absolute atomic E-state index is 0.468. The van der Waals surface area contributed by atoms with Crippen LogP contribution in [0, 0.1) is 6.92 Å². The van der Waals surface area contributed by atoms with Gasteiger partial charge in [-0.1, -0.05) is 42.6 Å². The average molecular weight is 360 g/mol. The van der Waals surface area contributed by atoms with Crippen molar-refractivity contribution in [3.05, 3.63) is 58.9 Å². The van der Waals surface area contributed by atoms with E-state index in [0.717, 1.165) is 33.6 Å². The average Bonchev–Trinajstić information content (AvgIpc) is 3.12. The van der Waals surface area contributed by atoms with E-state index in [4.69, 9.17) is 23.8 Å². The zero-order valence-corrected chi connectivity index (χ0v) is 15.4. The second-order valence-corrected chi connectivity index (χ2v) is 7.02. The molecule has 0 unspecified atom stereocenters. The topological polar surface area (TPSA) is 28.2 Å². The molecule has 0 spiro atoms. The van der Waals surface area contributed by atoms with Crippen molar-refractivity contribution in [1.29, 1.82) is 0 Å². The molecule has 0 bridgehead atoms. The Labute approximate surface area is 154 Å². The predicted octanol–water partition coefficient (Wildman–Crippen LogP) is 5.19. The van der Waals surface area contributed by atoms with Crippen LogP contribution >= 0.6 is 23.8 Å². The van der Waals surface area contributed by atoms with Gasteiger partial charge in [-0.15, -0.1) is 0 Å². The van der Waals surface area contributed by atoms with Gasteiger partial charge >= 0.3 is 0 Å². The van der Waals surface area contributed by atoms with E-state index in [9.17, 15) is 0 Å². The third kappa shape index (κ3) is 4.05. The Morgan fingerprint density at radius 1 is 1.25 bits per heavy atom. The Morgan fingerprint density at radius 3 is 2.75 bits per heavy atom. The van der Waals surface area contributed by atoms with Crippen LogP contribution in [0.1, 0.15) is 36.9 Å². The van der Waals surface area contributed by atoms with Crippen molar-refractivity contribution in [2.45, 2.75) is 45.2 Å². The molecular weight excluding hydrogens is 338 g/mol. The quantitative estimate of drug-likeness (QED) is 0.761. The molecule has 1 saturated carbocycles. The van der Waals surface area contributed by atoms with Crippen LogP contribution in [0.2, 0.25) is 5.02 Å². The van der Waals surface area contributed by atoms with Crippen molar-refractivity contribution >= 4 is 34.6 Å². The van der Waals surface area contributed by atoms with Crippen LogP contribution in [0.15, 0.2) is 42.6 Å². The van der Waals surface area contributed by atoms with Gasteiger partial charge < -0.3 is 10.2 Å². The van der Waals surface area contributed by atoms with Gasteiger partial charge in [0.1, 0.15) is 0 Å². The van der Waals surface area contributed by atoms with Gasteiger partial charge in [-0.25, -0.2) is 0 Å². The third-order valence-corrected chi connectivity index (χ3v) is 5.36. The first-order valence-corrected chi connectivity index (χ1v) is 9.16. The number of halogens is 1. The highest BCUT2D eigenvalue weighted by Crippen LogP contribution is 2.28. The van der Waals surface area contributed by atoms with Gasteiger partial charge in [0.25, 0.3) is 0 Å². The summed E-state index contributed by atoms with van der Waals surface area (Å²) in [5.74, 6) is 0. The largest absolute Gasteiger partial charge is 0.340 e. The van der Waals surface area contributed by atoms with Crippen LogP contribution in [0.3, 0.4) is 0 Å². The van der Waals surface area contributed by atoms with Gasteiger partial charge in [-0.2, -0.15) is 0 Å². The normalized spacial score (nSPS) is 14.6. The number of aromatic nitrogens is 1. The van der Waals surface area contributed by atoms with Gasteiger partial charge in [-0.05, 0) is 55.7 Å². The van der Waals surface area contributed by atoms with E-state index in [-0.39, 0.29) is 0 Å². The van der Waals surface area contributed by atoms with Crippen molar-refractivity contribution in [2.75, 3.05) is 5.32 Å². The SMILES string of the molecule is Cc1cccc(NC(=S)N(Cc2ccccn2)C2CCCC2)c1Cl. The summed E-state index contributed by atoms with van der Waals surface area (Å²) in [6.45, 7) is 2.72. The molecule has 1 aliphatic rings. The van der Waals surface area contributed by atoms with Gasteiger partial charge in [0.05, 0.1) is 22.9 Å². The summed E-state index contributed by atoms with van der Waals surface area (Å²) in [6, 6.07) is 12.4. The molecule has 0 saturated heterocycles. The van der Waals surface area contributed by atoms with Crippen LogP contribution in [0.4, 0.5) is 5.69 Å². The van der Waals surface area contributed by atoms with E-state index in [0.29, 0.717) is 6.04 Å². The minimum atomic E-state index is 0.468. The molecule has 0 aliphatic heterocycles. The molecule has 1 aromatic heterocycles. The van der Waals surface area contributed by atoms with E-state index in [1.807, 2.05) is 49.5 Å². The maximum Gasteiger partial charge on any atom is 0.174 e. The maximum atomic E-state index is 6.41. The lowest BCUT2D eigenvalue weighted by Gasteiger charge is -2.31. The van der Waals surface area contributed by atoms with Gasteiger partial charge in [0, 0.05) is 12.2 Å². The van der Waals surface area contributed by atoms with Crippen molar-refractivity contribution < 1.29 is 0 Å². The number of pyridine rings is 1. The summed E-state index contributed by atoms with van der Waals surface area (Å²) in [5.41, 5.74) is 2.94. The molecule has 5 heteroatoms. The van der Waals surface area contributed by atoms with E-state index < -0.39 is 0 Å². The lowest BCUT2D eigenvalue weighted by Crippen LogP contribution is -2.41. The number of thiocarbonyl (C=S) groups is 1. The molecule has 1 aliphatic carbocycles. The Bertz CT molecular complexity index is 699. The van der Waals surface area contributed by atoms with Crippen LogP contribution in [-0.2, 0) is 6.54 Å². The van der Waals surface area contributed by atoms with Crippen LogP contribution in [0.25, 0.3) is 0 Å². The first-order valence-electron chi connectivity index (χ1n) is 8.38. The van der Waals surface area contributed by atoms with E-state index in [2.05, 4.69) is 15.2 Å². The number of anilines is 1. The Kier molecular flexibility index (Phi) is 5.69. The number of rotatable bonds is 4. The Balaban J connectivity index is 1.79. The van der Waals surface area contributed by atoms with Crippen LogP contribution < -0.4 is 5.32 Å². The highest BCUT2D eigenvalue weighted by atomic mass is 35.5. The van der Waals surface area contributed by atoms with Crippen molar-refractivity contribution in [3.63, 3.8) is 0 Å². The van der Waals surface area contributed by atoms with Crippen molar-refractivity contribution in [3.8, 4) is 0 Å². The zero-order chi connectivity index (χ0) is 16.9. The number of benzene rings is 1. The van der Waals surface area contributed by atoms with Gasteiger partial charge in [-0.3, -0.25) is 4.98 Å². The summed E-state index contributed by atoms with van der Waals surface area (Å²) in [6.07, 6.45) is 6.71. The summed E-state index contributed by atoms with van der Waals surface area (Å²) in [7, 11) is 0. The Morgan fingerprint density at radius 2 is 2.04 bits per heavy atom. The monoisotopic (exact) mass is 359 g/mol. The highest BCUT2D eigenvalue weighted by Gasteiger charge is 2.25. The lowest BCUT2D eigenvalue weighted by atomic mass is 10.2. The molecule has 1 N–H and O–H groups in total. The molecule has 24 heavy (non-hydrogen) atoms. The molecule has 3 rings (SSSR count). The standard InChI is InChI=1S/C19H22ClN3S/c1-14-7-6-11-17(18(14)20)22-19(24)23(16-9-2-3-10-16)13-15-8-4-5-12-21-15/h4-8,11-12,16H,2-3,9-10,13H2,1H3,(H,22,24). The van der Waals surface area contributed by atoms with E-state index in [1.165, 1.54) is 25.7 Å². The van der Waals surface area contributed by atoms with Gasteiger partial charge in [0.2, 0.25) is 0 Å². The van der Waals surface area contributed by atoms with E-state index >= 15 is 0 Å². The zero-order valence-electron chi connectivity index (χ0n) is 13.8. The minimum Gasteiger partial charge on any atom is -0.340 e. The lowest BCUT2D eigenvalue weighted by molar-refractivity contribution is 0.309. The predicted molar refractivity (Wildman–Crippen MR) is 104 cm³/mol. The molecule has 1 heterocycles. The Hall–Kier alpha value is -1.65. The second kappa shape index (κ2) is 7.95. The molecule has 0 radical (unpaired) electrons. The third-order valence-electron chi connectivity index (χ3n) is 4.52. The number of hydrogen-bond donors (Lipinski definition) is 1. The van der Waals surface area contributed by atoms with Crippen LogP contribution in [0.5, 0.6) is 0 Å². The summed E-state index contributed by atoms with van der Waals surface area (Å²) in [4.78, 5) is 6.72. The fourth-order valence-corrected chi connectivity index (χ4v) is 3.68. The molecule has 3 nitrogen and oxygen atoms in total. The molecular formula is C19H22ClN3S. The first kappa shape index (κ1) is 17.2. The highest BCUT2D eigenvalue weighted by molar-refractivity contribution is 7.80. The fourth-order valence-electron chi connectivity index (χ4n) is 3.18. The van der Waals surface area contributed by atoms with Crippen LogP contribution in [-0.4, -0.2) is 21.0 Å². The maximum absolute atomic E-state index is 6.41. The first-order chi connectivity index (χ1) is 11.6. The molecule has 126 valence electrons. The molecule has 1 aromatic carbocycles. The molecule has 0 atom stereocenters. The molecule has 2 aromatic rings. The summed E-state index contributed by atoms with van der Waals surface area (Å²) < 4.78 is 0.